The molecule has 3 aromatic rings. The monoisotopic (exact) mass is 549 g/mol. The minimum atomic E-state index is -3.54. The van der Waals surface area contributed by atoms with Gasteiger partial charge in [-0.1, -0.05) is 110 Å². The van der Waals surface area contributed by atoms with Gasteiger partial charge in [0.25, 0.3) is 0 Å². The van der Waals surface area contributed by atoms with E-state index < -0.39 is 25.9 Å². The molecule has 1 fully saturated rings. The second kappa shape index (κ2) is 14.5. The summed E-state index contributed by atoms with van der Waals surface area (Å²) in [6, 6.07) is 27.5. The largest absolute Gasteiger partial charge is 0.453 e. The lowest BCUT2D eigenvalue weighted by Gasteiger charge is -2.34. The van der Waals surface area contributed by atoms with Crippen LogP contribution in [0.1, 0.15) is 48.8 Å². The predicted octanol–water partition coefficient (Wildman–Crippen LogP) is 7.68. The Labute approximate surface area is 231 Å². The summed E-state index contributed by atoms with van der Waals surface area (Å²) in [5.41, 5.74) is 2.24. The fourth-order valence-electron chi connectivity index (χ4n) is 4.38. The molecule has 0 bridgehead atoms. The van der Waals surface area contributed by atoms with Gasteiger partial charge in [-0.3, -0.25) is 0 Å². The number of benzene rings is 3. The third kappa shape index (κ3) is 7.94. The molecule has 0 atom stereocenters. The Morgan fingerprint density at radius 2 is 0.949 bits per heavy atom. The van der Waals surface area contributed by atoms with Gasteiger partial charge in [0.2, 0.25) is 0 Å². The molecule has 3 aromatic carbocycles. The van der Waals surface area contributed by atoms with Crippen LogP contribution >= 0.6 is 10.0 Å². The number of hydrogen-bond donors (Lipinski definition) is 1. The molecule has 8 heteroatoms. The number of hydrogen-bond acceptors (Lipinski definition) is 7. The van der Waals surface area contributed by atoms with Gasteiger partial charge in [0.05, 0.1) is 15.9 Å². The number of ether oxygens (including phenoxy) is 3. The maximum atomic E-state index is 13.8. The molecule has 1 aliphatic carbocycles. The van der Waals surface area contributed by atoms with E-state index in [2.05, 4.69) is 5.32 Å². The van der Waals surface area contributed by atoms with Crippen LogP contribution in [0, 0.1) is 0 Å². The lowest BCUT2D eigenvalue weighted by Crippen LogP contribution is -2.41. The van der Waals surface area contributed by atoms with E-state index in [4.69, 9.17) is 14.2 Å². The summed E-state index contributed by atoms with van der Waals surface area (Å²) in [5.74, 6) is -0.188. The molecule has 39 heavy (non-hydrogen) atoms. The first kappa shape index (κ1) is 28.4. The van der Waals surface area contributed by atoms with Crippen LogP contribution in [0.5, 0.6) is 0 Å². The van der Waals surface area contributed by atoms with Crippen molar-refractivity contribution in [3.05, 3.63) is 108 Å². The molecule has 0 amide bonds. The van der Waals surface area contributed by atoms with E-state index in [9.17, 15) is 14.4 Å². The molecule has 7 nitrogen and oxygen atoms in total. The van der Waals surface area contributed by atoms with Crippen LogP contribution in [0.25, 0.3) is 0 Å². The van der Waals surface area contributed by atoms with Crippen molar-refractivity contribution in [3.63, 3.8) is 0 Å². The van der Waals surface area contributed by atoms with Crippen LogP contribution in [0.4, 0.5) is 14.4 Å². The van der Waals surface area contributed by atoms with Gasteiger partial charge in [-0.15, -0.1) is 0 Å². The molecule has 4 rings (SSSR count). The summed E-state index contributed by atoms with van der Waals surface area (Å²) in [7, 11) is -3.54. The van der Waals surface area contributed by atoms with Crippen LogP contribution in [0.2, 0.25) is 0 Å². The topological polar surface area (TPSA) is 90.9 Å². The third-order valence-corrected chi connectivity index (χ3v) is 9.31. The summed E-state index contributed by atoms with van der Waals surface area (Å²) >= 11 is 0. The molecule has 1 saturated carbocycles. The standard InChI is InChI=1S/C31H35NO6S/c33-29(36-21-25-13-5-1-6-14-25)39(24-32-28-19-11-4-12-20-28,30(34)37-22-26-15-7-2-8-16-26)31(35)38-23-27-17-9-3-10-18-27/h1-3,5-10,13-18,28,32H,4,11-12,19-24H2. The molecule has 0 heterocycles. The van der Waals surface area contributed by atoms with Gasteiger partial charge in [0, 0.05) is 6.04 Å². The van der Waals surface area contributed by atoms with Gasteiger partial charge in [-0.2, -0.15) is 0 Å². The minimum Gasteiger partial charge on any atom is -0.453 e. The Bertz CT molecular complexity index is 1060. The van der Waals surface area contributed by atoms with E-state index >= 15 is 0 Å². The zero-order chi connectivity index (χ0) is 27.3. The van der Waals surface area contributed by atoms with Gasteiger partial charge in [0.15, 0.2) is 0 Å². The highest BCUT2D eigenvalue weighted by atomic mass is 32.3. The summed E-state index contributed by atoms with van der Waals surface area (Å²) in [6.07, 6.45) is 5.07. The van der Waals surface area contributed by atoms with E-state index in [0.717, 1.165) is 48.8 Å². The van der Waals surface area contributed by atoms with E-state index in [1.165, 1.54) is 0 Å². The van der Waals surface area contributed by atoms with Gasteiger partial charge in [0.1, 0.15) is 19.8 Å². The zero-order valence-electron chi connectivity index (χ0n) is 22.0. The van der Waals surface area contributed by atoms with E-state index in [1.807, 2.05) is 91.0 Å². The van der Waals surface area contributed by atoms with Crippen molar-refractivity contribution in [1.82, 2.24) is 5.32 Å². The molecule has 0 spiro atoms. The molecule has 0 saturated heterocycles. The first-order valence-corrected chi connectivity index (χ1v) is 15.0. The molecular weight excluding hydrogens is 514 g/mol. The summed E-state index contributed by atoms with van der Waals surface area (Å²) in [4.78, 5) is 41.4. The highest BCUT2D eigenvalue weighted by Crippen LogP contribution is 2.53. The molecule has 0 radical (unpaired) electrons. The zero-order valence-corrected chi connectivity index (χ0v) is 22.8. The van der Waals surface area contributed by atoms with E-state index in [-0.39, 0.29) is 31.7 Å². The van der Waals surface area contributed by atoms with Gasteiger partial charge in [-0.25, -0.2) is 14.4 Å². The van der Waals surface area contributed by atoms with Crippen molar-refractivity contribution in [2.75, 3.05) is 5.88 Å². The highest BCUT2D eigenvalue weighted by molar-refractivity contribution is 8.64. The Morgan fingerprint density at radius 1 is 0.590 bits per heavy atom. The average Bonchev–Trinajstić information content (AvgIpc) is 3.00. The van der Waals surface area contributed by atoms with Crippen LogP contribution in [-0.4, -0.2) is 27.8 Å². The van der Waals surface area contributed by atoms with Gasteiger partial charge < -0.3 is 19.5 Å². The lowest BCUT2D eigenvalue weighted by molar-refractivity contribution is 0.154. The Balaban J connectivity index is 1.60. The summed E-state index contributed by atoms with van der Waals surface area (Å²) in [6.45, 7) is -0.221. The smallest absolute Gasteiger partial charge is 0.370 e. The van der Waals surface area contributed by atoms with Gasteiger partial charge >= 0.3 is 15.9 Å². The van der Waals surface area contributed by atoms with Crippen molar-refractivity contribution in [3.8, 4) is 0 Å². The second-order valence-corrected chi connectivity index (χ2v) is 12.3. The number of nitrogens with one attached hydrogen (secondary N) is 1. The van der Waals surface area contributed by atoms with Crippen LogP contribution < -0.4 is 5.32 Å². The maximum absolute atomic E-state index is 13.8. The van der Waals surface area contributed by atoms with Crippen LogP contribution in [-0.2, 0) is 34.0 Å². The van der Waals surface area contributed by atoms with Gasteiger partial charge in [-0.05, 0) is 29.5 Å². The first-order valence-electron chi connectivity index (χ1n) is 13.2. The Morgan fingerprint density at radius 3 is 1.31 bits per heavy atom. The van der Waals surface area contributed by atoms with E-state index in [1.54, 1.807) is 0 Å². The Hall–Kier alpha value is -3.62. The average molecular weight is 550 g/mol. The second-order valence-electron chi connectivity index (χ2n) is 9.50. The number of rotatable bonds is 9. The van der Waals surface area contributed by atoms with E-state index in [0.29, 0.717) is 0 Å². The molecule has 0 aromatic heterocycles. The SMILES string of the molecule is O=C(OCc1ccccc1)S(CNC1CCCCC1)(C(=O)OCc1ccccc1)C(=O)OCc1ccccc1. The molecule has 206 valence electrons. The number of carbonyl (C=O) groups excluding carboxylic acids is 3. The molecular formula is C31H35NO6S. The van der Waals surface area contributed by atoms with Crippen molar-refractivity contribution in [2.24, 2.45) is 0 Å². The number of carbonyl (C=O) groups is 3. The predicted molar refractivity (Wildman–Crippen MR) is 152 cm³/mol. The molecule has 0 unspecified atom stereocenters. The summed E-state index contributed by atoms with van der Waals surface area (Å²) < 4.78 is 16.9. The quantitative estimate of drug-likeness (QED) is 0.216. The normalized spacial score (nSPS) is 14.3. The first-order chi connectivity index (χ1) is 19.1. The molecule has 0 aliphatic heterocycles. The molecule has 1 aliphatic rings. The Kier molecular flexibility index (Phi) is 10.6. The summed E-state index contributed by atoms with van der Waals surface area (Å²) in [5, 5.41) is 0.600. The fourth-order valence-corrected chi connectivity index (χ4v) is 6.41. The third-order valence-electron chi connectivity index (χ3n) is 6.65. The molecule has 1 N–H and O–H groups in total. The van der Waals surface area contributed by atoms with Crippen molar-refractivity contribution >= 4 is 25.9 Å². The van der Waals surface area contributed by atoms with Crippen molar-refractivity contribution in [1.29, 1.82) is 0 Å². The highest BCUT2D eigenvalue weighted by Gasteiger charge is 2.52. The fraction of sp³-hybridized carbons (Fsp3) is 0.323. The van der Waals surface area contributed by atoms with Crippen LogP contribution in [0.3, 0.4) is 0 Å². The van der Waals surface area contributed by atoms with Crippen molar-refractivity contribution < 1.29 is 28.6 Å². The minimum absolute atomic E-state index is 0.0736. The lowest BCUT2D eigenvalue weighted by atomic mass is 9.96. The van der Waals surface area contributed by atoms with Crippen molar-refractivity contribution in [2.45, 2.75) is 58.0 Å². The maximum Gasteiger partial charge on any atom is 0.370 e. The van der Waals surface area contributed by atoms with Crippen LogP contribution in [0.15, 0.2) is 91.0 Å².